The zero-order valence-electron chi connectivity index (χ0n) is 14.0. The number of hydrogen-bond acceptors (Lipinski definition) is 2. The summed E-state index contributed by atoms with van der Waals surface area (Å²) in [6.07, 6.45) is 19.8. The molecule has 0 aliphatic carbocycles. The quantitative estimate of drug-likeness (QED) is 0.258. The lowest BCUT2D eigenvalue weighted by Gasteiger charge is -2.04. The molecule has 0 heterocycles. The zero-order chi connectivity index (χ0) is 14.9. The van der Waals surface area contributed by atoms with E-state index in [1.54, 1.807) is 11.8 Å². The molecule has 0 aromatic heterocycles. The molecule has 0 radical (unpaired) electrons. The molecule has 0 rings (SSSR count). The van der Waals surface area contributed by atoms with Gasteiger partial charge in [0.25, 0.3) is 0 Å². The van der Waals surface area contributed by atoms with Gasteiger partial charge in [-0.15, -0.1) is 11.8 Å². The molecule has 1 unspecified atom stereocenters. The van der Waals surface area contributed by atoms with Gasteiger partial charge in [-0.25, -0.2) is 0 Å². The highest BCUT2D eigenvalue weighted by molar-refractivity contribution is 7.99. The largest absolute Gasteiger partial charge is 0.383 e. The molecule has 0 saturated carbocycles. The molecule has 1 atom stereocenters. The molecule has 122 valence electrons. The normalized spacial score (nSPS) is 12.8. The molecule has 0 bridgehead atoms. The van der Waals surface area contributed by atoms with Crippen LogP contribution < -0.4 is 0 Å². The molecule has 0 fully saturated rings. The fourth-order valence-electron chi connectivity index (χ4n) is 2.55. The van der Waals surface area contributed by atoms with Crippen LogP contribution in [0, 0.1) is 0 Å². The van der Waals surface area contributed by atoms with Gasteiger partial charge >= 0.3 is 0 Å². The molecule has 1 nitrogen and oxygen atoms in total. The first-order chi connectivity index (χ1) is 9.77. The van der Waals surface area contributed by atoms with E-state index in [1.165, 1.54) is 89.9 Å². The summed E-state index contributed by atoms with van der Waals surface area (Å²) in [5.41, 5.74) is -0.183. The SMILES string of the molecule is CCCCCCCCCCCCCCCCSC(C)O. The van der Waals surface area contributed by atoms with Crippen molar-refractivity contribution in [3.63, 3.8) is 0 Å². The molecule has 0 aromatic carbocycles. The van der Waals surface area contributed by atoms with E-state index in [0.717, 1.165) is 5.75 Å². The number of unbranched alkanes of at least 4 members (excludes halogenated alkanes) is 13. The maximum Gasteiger partial charge on any atom is 0.0964 e. The second-order valence-corrected chi connectivity index (χ2v) is 7.49. The van der Waals surface area contributed by atoms with E-state index >= 15 is 0 Å². The van der Waals surface area contributed by atoms with Gasteiger partial charge in [-0.05, 0) is 19.1 Å². The van der Waals surface area contributed by atoms with Gasteiger partial charge in [-0.3, -0.25) is 0 Å². The van der Waals surface area contributed by atoms with Crippen molar-refractivity contribution in [3.8, 4) is 0 Å². The molecular formula is C18H38OS. The number of rotatable bonds is 16. The number of thioether (sulfide) groups is 1. The van der Waals surface area contributed by atoms with Crippen molar-refractivity contribution in [2.45, 2.75) is 109 Å². The average molecular weight is 303 g/mol. The van der Waals surface area contributed by atoms with Gasteiger partial charge in [0.2, 0.25) is 0 Å². The number of hydrogen-bond donors (Lipinski definition) is 1. The molecule has 0 spiro atoms. The second-order valence-electron chi connectivity index (χ2n) is 6.07. The van der Waals surface area contributed by atoms with Gasteiger partial charge in [0.15, 0.2) is 0 Å². The zero-order valence-corrected chi connectivity index (χ0v) is 14.9. The van der Waals surface area contributed by atoms with Crippen molar-refractivity contribution < 1.29 is 5.11 Å². The van der Waals surface area contributed by atoms with E-state index < -0.39 is 0 Å². The summed E-state index contributed by atoms with van der Waals surface area (Å²) < 4.78 is 0. The Morgan fingerprint density at radius 3 is 1.35 bits per heavy atom. The Morgan fingerprint density at radius 2 is 1.00 bits per heavy atom. The third-order valence-electron chi connectivity index (χ3n) is 3.86. The van der Waals surface area contributed by atoms with Crippen LogP contribution in [-0.2, 0) is 0 Å². The topological polar surface area (TPSA) is 20.2 Å². The predicted molar refractivity (Wildman–Crippen MR) is 94.5 cm³/mol. The van der Waals surface area contributed by atoms with Crippen LogP contribution in [0.4, 0.5) is 0 Å². The molecule has 0 amide bonds. The smallest absolute Gasteiger partial charge is 0.0964 e. The number of aliphatic hydroxyl groups excluding tert-OH is 1. The predicted octanol–water partition coefficient (Wildman–Crippen LogP) is 6.54. The van der Waals surface area contributed by atoms with Crippen molar-refractivity contribution in [2.75, 3.05) is 5.75 Å². The minimum Gasteiger partial charge on any atom is -0.383 e. The maximum atomic E-state index is 9.12. The molecule has 1 N–H and O–H groups in total. The van der Waals surface area contributed by atoms with Crippen LogP contribution in [0.25, 0.3) is 0 Å². The Labute approximate surface area is 132 Å². The van der Waals surface area contributed by atoms with Crippen LogP contribution in [0.2, 0.25) is 0 Å². The third kappa shape index (κ3) is 18.3. The highest BCUT2D eigenvalue weighted by Gasteiger charge is 1.96. The van der Waals surface area contributed by atoms with Crippen LogP contribution in [-0.4, -0.2) is 16.3 Å². The lowest BCUT2D eigenvalue weighted by Crippen LogP contribution is -1.93. The summed E-state index contributed by atoms with van der Waals surface area (Å²) in [6, 6.07) is 0. The van der Waals surface area contributed by atoms with Gasteiger partial charge in [-0.1, -0.05) is 90.4 Å². The van der Waals surface area contributed by atoms with Crippen LogP contribution in [0.5, 0.6) is 0 Å². The number of aliphatic hydroxyl groups is 1. The highest BCUT2D eigenvalue weighted by atomic mass is 32.2. The van der Waals surface area contributed by atoms with Crippen molar-refractivity contribution in [3.05, 3.63) is 0 Å². The Morgan fingerprint density at radius 1 is 0.650 bits per heavy atom. The summed E-state index contributed by atoms with van der Waals surface area (Å²) in [6.45, 7) is 4.14. The van der Waals surface area contributed by atoms with E-state index in [-0.39, 0.29) is 5.44 Å². The molecule has 0 aliphatic rings. The summed E-state index contributed by atoms with van der Waals surface area (Å²) in [7, 11) is 0. The minimum atomic E-state index is -0.183. The van der Waals surface area contributed by atoms with Crippen molar-refractivity contribution in [2.24, 2.45) is 0 Å². The van der Waals surface area contributed by atoms with E-state index in [9.17, 15) is 0 Å². The van der Waals surface area contributed by atoms with Gasteiger partial charge in [0.05, 0.1) is 5.44 Å². The first kappa shape index (κ1) is 20.3. The molecule has 0 saturated heterocycles. The molecule has 2 heteroatoms. The Balaban J connectivity index is 2.92. The van der Waals surface area contributed by atoms with Crippen LogP contribution >= 0.6 is 11.8 Å². The summed E-state index contributed by atoms with van der Waals surface area (Å²) in [5.74, 6) is 1.12. The average Bonchev–Trinajstić information content (AvgIpc) is 2.43. The standard InChI is InChI=1S/C18H38OS/c1-3-4-5-6-7-8-9-10-11-12-13-14-15-16-17-20-18(2)19/h18-19H,3-17H2,1-2H3. The van der Waals surface area contributed by atoms with Crippen molar-refractivity contribution >= 4 is 11.8 Å². The molecular weight excluding hydrogens is 264 g/mol. The maximum absolute atomic E-state index is 9.12. The van der Waals surface area contributed by atoms with E-state index in [1.807, 2.05) is 6.92 Å². The van der Waals surface area contributed by atoms with E-state index in [0.29, 0.717) is 0 Å². The van der Waals surface area contributed by atoms with Crippen molar-refractivity contribution in [1.82, 2.24) is 0 Å². The summed E-state index contributed by atoms with van der Waals surface area (Å²) in [4.78, 5) is 0. The van der Waals surface area contributed by atoms with Crippen LogP contribution in [0.15, 0.2) is 0 Å². The first-order valence-electron chi connectivity index (χ1n) is 9.07. The van der Waals surface area contributed by atoms with Gasteiger partial charge in [0.1, 0.15) is 0 Å². The molecule has 20 heavy (non-hydrogen) atoms. The summed E-state index contributed by atoms with van der Waals surface area (Å²) >= 11 is 1.67. The van der Waals surface area contributed by atoms with Crippen LogP contribution in [0.3, 0.4) is 0 Å². The lowest BCUT2D eigenvalue weighted by molar-refractivity contribution is 0.284. The summed E-state index contributed by atoms with van der Waals surface area (Å²) in [5, 5.41) is 9.12. The third-order valence-corrected chi connectivity index (χ3v) is 4.86. The fourth-order valence-corrected chi connectivity index (χ4v) is 3.26. The Kier molecular flexibility index (Phi) is 17.6. The van der Waals surface area contributed by atoms with Gasteiger partial charge in [0, 0.05) is 0 Å². The lowest BCUT2D eigenvalue weighted by atomic mass is 10.0. The Bertz CT molecular complexity index is 171. The first-order valence-corrected chi connectivity index (χ1v) is 10.1. The van der Waals surface area contributed by atoms with Crippen LogP contribution in [0.1, 0.15) is 104 Å². The molecule has 0 aliphatic heterocycles. The fraction of sp³-hybridized carbons (Fsp3) is 1.00. The van der Waals surface area contributed by atoms with Crippen molar-refractivity contribution in [1.29, 1.82) is 0 Å². The second kappa shape index (κ2) is 17.4. The molecule has 0 aromatic rings. The van der Waals surface area contributed by atoms with E-state index in [4.69, 9.17) is 5.11 Å². The monoisotopic (exact) mass is 302 g/mol. The van der Waals surface area contributed by atoms with Gasteiger partial charge in [-0.2, -0.15) is 0 Å². The minimum absolute atomic E-state index is 0.183. The highest BCUT2D eigenvalue weighted by Crippen LogP contribution is 2.14. The van der Waals surface area contributed by atoms with E-state index in [2.05, 4.69) is 6.92 Å². The van der Waals surface area contributed by atoms with Gasteiger partial charge < -0.3 is 5.11 Å². The Hall–Kier alpha value is 0.310.